The van der Waals surface area contributed by atoms with Crippen molar-refractivity contribution in [2.45, 2.75) is 12.3 Å². The van der Waals surface area contributed by atoms with E-state index >= 15 is 0 Å². The molecule has 6 nitrogen and oxygen atoms in total. The molecular weight excluding hydrogens is 449 g/mol. The molecule has 1 atom stereocenters. The molecular formula is C21H25Cl2NO5S. The minimum atomic E-state index is -3.57. The first-order valence-corrected chi connectivity index (χ1v) is 11.9. The van der Waals surface area contributed by atoms with Crippen LogP contribution in [0.2, 0.25) is 10.0 Å². The lowest BCUT2D eigenvalue weighted by Gasteiger charge is -2.28. The lowest BCUT2D eigenvalue weighted by atomic mass is 9.95. The maximum atomic E-state index is 13.1. The maximum Gasteiger partial charge on any atom is 0.264 e. The summed E-state index contributed by atoms with van der Waals surface area (Å²) in [7, 11) is -2.00. The molecule has 164 valence electrons. The Labute approximate surface area is 187 Å². The van der Waals surface area contributed by atoms with Gasteiger partial charge < -0.3 is 9.64 Å². The van der Waals surface area contributed by atoms with Crippen molar-refractivity contribution in [1.29, 1.82) is 0 Å². The van der Waals surface area contributed by atoms with Gasteiger partial charge >= 0.3 is 0 Å². The summed E-state index contributed by atoms with van der Waals surface area (Å²) in [5, 5.41) is 0.809. The van der Waals surface area contributed by atoms with Gasteiger partial charge in [-0.15, -0.1) is 0 Å². The van der Waals surface area contributed by atoms with Crippen LogP contribution in [0.5, 0.6) is 0 Å². The highest BCUT2D eigenvalue weighted by molar-refractivity contribution is 7.85. The second kappa shape index (κ2) is 11.7. The topological polar surface area (TPSA) is 72.9 Å². The van der Waals surface area contributed by atoms with Crippen molar-refractivity contribution in [1.82, 2.24) is 4.90 Å². The Morgan fingerprint density at radius 2 is 1.77 bits per heavy atom. The Morgan fingerprint density at radius 1 is 1.07 bits per heavy atom. The molecule has 2 aromatic carbocycles. The van der Waals surface area contributed by atoms with Gasteiger partial charge in [-0.3, -0.25) is 8.98 Å². The van der Waals surface area contributed by atoms with Crippen molar-refractivity contribution < 1.29 is 22.1 Å². The first-order chi connectivity index (χ1) is 14.2. The molecule has 0 radical (unpaired) electrons. The average molecular weight is 474 g/mol. The fourth-order valence-corrected chi connectivity index (χ4v) is 3.68. The number of amides is 1. The van der Waals surface area contributed by atoms with Crippen LogP contribution in [-0.2, 0) is 19.0 Å². The Hall–Kier alpha value is -1.64. The number of nitrogens with zero attached hydrogens (tertiary/aromatic N) is 1. The highest BCUT2D eigenvalue weighted by Gasteiger charge is 2.22. The predicted molar refractivity (Wildman–Crippen MR) is 119 cm³/mol. The summed E-state index contributed by atoms with van der Waals surface area (Å²) in [6, 6.07) is 14.2. The van der Waals surface area contributed by atoms with Crippen LogP contribution in [0.3, 0.4) is 0 Å². The van der Waals surface area contributed by atoms with Gasteiger partial charge in [-0.1, -0.05) is 47.5 Å². The molecule has 0 aromatic heterocycles. The van der Waals surface area contributed by atoms with E-state index < -0.39 is 10.1 Å². The molecule has 0 spiro atoms. The largest absolute Gasteiger partial charge is 0.383 e. The summed E-state index contributed by atoms with van der Waals surface area (Å²) >= 11 is 12.2. The smallest absolute Gasteiger partial charge is 0.264 e. The van der Waals surface area contributed by atoms with E-state index in [1.54, 1.807) is 48.4 Å². The number of carbonyl (C=O) groups excluding carboxylic acids is 1. The SMILES string of the molecule is COCCN(CC(CCOS(C)(=O)=O)c1ccc(Cl)c(Cl)c1)C(=O)c1ccccc1. The van der Waals surface area contributed by atoms with Gasteiger partial charge in [0.25, 0.3) is 16.0 Å². The van der Waals surface area contributed by atoms with Crippen LogP contribution in [-0.4, -0.2) is 58.9 Å². The quantitative estimate of drug-likeness (QED) is 0.456. The summed E-state index contributed by atoms with van der Waals surface area (Å²) in [6.07, 6.45) is 1.38. The zero-order chi connectivity index (χ0) is 22.1. The lowest BCUT2D eigenvalue weighted by molar-refractivity contribution is 0.0677. The molecule has 0 aliphatic heterocycles. The Kier molecular flexibility index (Phi) is 9.58. The highest BCUT2D eigenvalue weighted by atomic mass is 35.5. The van der Waals surface area contributed by atoms with Crippen molar-refractivity contribution >= 4 is 39.2 Å². The number of hydrogen-bond donors (Lipinski definition) is 0. The van der Waals surface area contributed by atoms with Crippen molar-refractivity contribution in [3.63, 3.8) is 0 Å². The van der Waals surface area contributed by atoms with Gasteiger partial charge in [0.15, 0.2) is 0 Å². The number of ether oxygens (including phenoxy) is 1. The summed E-state index contributed by atoms with van der Waals surface area (Å²) in [5.74, 6) is -0.354. The van der Waals surface area contributed by atoms with Gasteiger partial charge in [0, 0.05) is 31.7 Å². The normalized spacial score (nSPS) is 12.5. The van der Waals surface area contributed by atoms with Crippen molar-refractivity contribution in [2.75, 3.05) is 39.7 Å². The predicted octanol–water partition coefficient (Wildman–Crippen LogP) is 4.23. The van der Waals surface area contributed by atoms with Crippen LogP contribution >= 0.6 is 23.2 Å². The van der Waals surface area contributed by atoms with Crippen molar-refractivity contribution in [2.24, 2.45) is 0 Å². The summed E-state index contributed by atoms with van der Waals surface area (Å²) in [5.41, 5.74) is 1.40. The van der Waals surface area contributed by atoms with Gasteiger partial charge in [0.05, 0.1) is 29.5 Å². The number of benzene rings is 2. The molecule has 0 fully saturated rings. The Bertz CT molecular complexity index is 938. The fraction of sp³-hybridized carbons (Fsp3) is 0.381. The van der Waals surface area contributed by atoms with Crippen LogP contribution in [0.4, 0.5) is 0 Å². The molecule has 2 rings (SSSR count). The molecule has 0 aliphatic carbocycles. The standard InChI is InChI=1S/C21H25Cl2NO5S/c1-28-13-11-24(21(25)16-6-4-3-5-7-16)15-18(10-12-29-30(2,26)27)17-8-9-19(22)20(23)14-17/h3-9,14,18H,10-13,15H2,1-2H3. The zero-order valence-electron chi connectivity index (χ0n) is 16.9. The van der Waals surface area contributed by atoms with Crippen LogP contribution in [0.15, 0.2) is 48.5 Å². The van der Waals surface area contributed by atoms with Gasteiger partial charge in [0.1, 0.15) is 0 Å². The number of carbonyl (C=O) groups is 1. The first-order valence-electron chi connectivity index (χ1n) is 9.34. The molecule has 0 bridgehead atoms. The zero-order valence-corrected chi connectivity index (χ0v) is 19.2. The van der Waals surface area contributed by atoms with E-state index in [0.717, 1.165) is 11.8 Å². The summed E-state index contributed by atoms with van der Waals surface area (Å²) in [4.78, 5) is 14.8. The number of hydrogen-bond acceptors (Lipinski definition) is 5. The summed E-state index contributed by atoms with van der Waals surface area (Å²) in [6.45, 7) is 1.07. The van der Waals surface area contributed by atoms with Gasteiger partial charge in [-0.25, -0.2) is 0 Å². The van der Waals surface area contributed by atoms with Gasteiger partial charge in [0.2, 0.25) is 0 Å². The second-order valence-corrected chi connectivity index (χ2v) is 9.25. The fourth-order valence-electron chi connectivity index (χ4n) is 2.98. The number of methoxy groups -OCH3 is 1. The van der Waals surface area contributed by atoms with E-state index in [0.29, 0.717) is 41.7 Å². The number of halogens is 2. The molecule has 0 saturated carbocycles. The average Bonchev–Trinajstić information content (AvgIpc) is 2.71. The van der Waals surface area contributed by atoms with Crippen LogP contribution in [0, 0.1) is 0 Å². The molecule has 9 heteroatoms. The van der Waals surface area contributed by atoms with Crippen LogP contribution < -0.4 is 0 Å². The third-order valence-electron chi connectivity index (χ3n) is 4.49. The Morgan fingerprint density at radius 3 is 2.37 bits per heavy atom. The van der Waals surface area contributed by atoms with E-state index in [-0.39, 0.29) is 18.4 Å². The lowest BCUT2D eigenvalue weighted by Crippen LogP contribution is -2.37. The van der Waals surface area contributed by atoms with E-state index in [2.05, 4.69) is 0 Å². The molecule has 0 N–H and O–H groups in total. The monoisotopic (exact) mass is 473 g/mol. The maximum absolute atomic E-state index is 13.1. The van der Waals surface area contributed by atoms with E-state index in [1.165, 1.54) is 0 Å². The Balaban J connectivity index is 2.28. The molecule has 0 heterocycles. The minimum Gasteiger partial charge on any atom is -0.383 e. The van der Waals surface area contributed by atoms with Crippen molar-refractivity contribution in [3.05, 3.63) is 69.7 Å². The van der Waals surface area contributed by atoms with Gasteiger partial charge in [-0.05, 0) is 36.2 Å². The van der Waals surface area contributed by atoms with E-state index in [4.69, 9.17) is 32.1 Å². The van der Waals surface area contributed by atoms with Crippen molar-refractivity contribution in [3.8, 4) is 0 Å². The summed E-state index contributed by atoms with van der Waals surface area (Å²) < 4.78 is 32.8. The van der Waals surface area contributed by atoms with E-state index in [9.17, 15) is 13.2 Å². The van der Waals surface area contributed by atoms with E-state index in [1.807, 2.05) is 12.1 Å². The first kappa shape index (κ1) is 24.6. The highest BCUT2D eigenvalue weighted by Crippen LogP contribution is 2.29. The second-order valence-electron chi connectivity index (χ2n) is 6.80. The van der Waals surface area contributed by atoms with Gasteiger partial charge in [-0.2, -0.15) is 8.42 Å². The number of rotatable bonds is 11. The molecule has 0 saturated heterocycles. The van der Waals surface area contributed by atoms with Crippen LogP contribution in [0.1, 0.15) is 28.3 Å². The molecule has 30 heavy (non-hydrogen) atoms. The minimum absolute atomic E-state index is 0.0125. The van der Waals surface area contributed by atoms with Crippen LogP contribution in [0.25, 0.3) is 0 Å². The third kappa shape index (κ3) is 7.89. The molecule has 2 aromatic rings. The molecule has 1 unspecified atom stereocenters. The molecule has 0 aliphatic rings. The third-order valence-corrected chi connectivity index (χ3v) is 5.83. The molecule has 1 amide bonds.